The molecule has 3 rings (SSSR count). The van der Waals surface area contributed by atoms with Crippen molar-refractivity contribution < 1.29 is 23.9 Å². The molecule has 0 aliphatic carbocycles. The highest BCUT2D eigenvalue weighted by Crippen LogP contribution is 2.30. The number of phenolic OH excluding ortho intramolecular Hbond substituents is 1. The van der Waals surface area contributed by atoms with Crippen molar-refractivity contribution in [2.24, 2.45) is 0 Å². The van der Waals surface area contributed by atoms with Crippen LogP contribution in [0.3, 0.4) is 0 Å². The first-order valence-electron chi connectivity index (χ1n) is 7.72. The number of amides is 3. The van der Waals surface area contributed by atoms with E-state index < -0.39 is 29.3 Å². The fraction of sp³-hybridized carbons (Fsp3) is 0.167. The Hall–Kier alpha value is -2.93. The molecule has 0 saturated heterocycles. The molecule has 0 saturated carbocycles. The number of carbonyl (C=O) groups is 3. The predicted molar refractivity (Wildman–Crippen MR) is 93.1 cm³/mol. The van der Waals surface area contributed by atoms with Crippen molar-refractivity contribution in [1.29, 1.82) is 0 Å². The molecule has 0 fully saturated rings. The largest absolute Gasteiger partial charge is 0.506 e. The van der Waals surface area contributed by atoms with Crippen molar-refractivity contribution in [1.82, 2.24) is 4.90 Å². The van der Waals surface area contributed by atoms with Crippen molar-refractivity contribution in [3.05, 3.63) is 57.9 Å². The number of aromatic hydroxyl groups is 1. The van der Waals surface area contributed by atoms with Crippen LogP contribution in [0.15, 0.2) is 30.3 Å². The Balaban J connectivity index is 1.91. The number of hydrogen-bond acceptors (Lipinski definition) is 4. The van der Waals surface area contributed by atoms with E-state index in [0.717, 1.165) is 17.0 Å². The number of rotatable bonds is 3. The van der Waals surface area contributed by atoms with Crippen LogP contribution >= 0.6 is 11.6 Å². The number of benzene rings is 2. The van der Waals surface area contributed by atoms with Crippen LogP contribution in [0, 0.1) is 5.82 Å². The monoisotopic (exact) mass is 376 g/mol. The zero-order valence-corrected chi connectivity index (χ0v) is 14.6. The van der Waals surface area contributed by atoms with E-state index in [1.807, 2.05) is 0 Å². The van der Waals surface area contributed by atoms with E-state index in [9.17, 15) is 23.9 Å². The molecule has 1 heterocycles. The van der Waals surface area contributed by atoms with Gasteiger partial charge in [0.25, 0.3) is 17.7 Å². The molecule has 0 bridgehead atoms. The quantitative estimate of drug-likeness (QED) is 0.634. The van der Waals surface area contributed by atoms with Gasteiger partial charge in [-0.1, -0.05) is 11.6 Å². The lowest BCUT2D eigenvalue weighted by Gasteiger charge is -2.17. The van der Waals surface area contributed by atoms with E-state index in [1.54, 1.807) is 13.8 Å². The Labute approximate surface area is 153 Å². The zero-order valence-electron chi connectivity index (χ0n) is 13.8. The van der Waals surface area contributed by atoms with Crippen molar-refractivity contribution in [3.8, 4) is 5.75 Å². The molecule has 26 heavy (non-hydrogen) atoms. The Bertz CT molecular complexity index is 958. The summed E-state index contributed by atoms with van der Waals surface area (Å²) in [6.45, 7) is 3.43. The predicted octanol–water partition coefficient (Wildman–Crippen LogP) is 3.44. The standard InChI is InChI=1S/C18H14ClFN2O4/c1-8(2)22-17(25)10-4-3-9(5-11(10)18(22)26)16(24)21-14-6-12(19)15(23)7-13(14)20/h3-8,23H,1-2H3,(H,21,24). The first-order chi connectivity index (χ1) is 12.2. The summed E-state index contributed by atoms with van der Waals surface area (Å²) in [5.74, 6) is -2.88. The topological polar surface area (TPSA) is 86.7 Å². The van der Waals surface area contributed by atoms with Gasteiger partial charge in [-0.05, 0) is 38.1 Å². The van der Waals surface area contributed by atoms with Crippen LogP contribution < -0.4 is 5.32 Å². The van der Waals surface area contributed by atoms with Crippen LogP contribution in [0.5, 0.6) is 5.75 Å². The van der Waals surface area contributed by atoms with E-state index in [-0.39, 0.29) is 33.4 Å². The van der Waals surface area contributed by atoms with Crippen LogP contribution in [-0.2, 0) is 0 Å². The summed E-state index contributed by atoms with van der Waals surface area (Å²) in [7, 11) is 0. The van der Waals surface area contributed by atoms with Crippen LogP contribution in [0.2, 0.25) is 5.02 Å². The second-order valence-electron chi connectivity index (χ2n) is 6.07. The number of nitrogens with one attached hydrogen (secondary N) is 1. The first kappa shape index (κ1) is 17.9. The summed E-state index contributed by atoms with van der Waals surface area (Å²) in [6.07, 6.45) is 0. The maximum atomic E-state index is 13.8. The molecular formula is C18H14ClFN2O4. The first-order valence-corrected chi connectivity index (χ1v) is 8.09. The van der Waals surface area contributed by atoms with Gasteiger partial charge in [0, 0.05) is 17.7 Å². The molecule has 134 valence electrons. The number of nitrogens with zero attached hydrogens (tertiary/aromatic N) is 1. The number of carbonyl (C=O) groups excluding carboxylic acids is 3. The molecule has 0 atom stereocenters. The lowest BCUT2D eigenvalue weighted by atomic mass is 10.1. The molecule has 0 radical (unpaired) electrons. The summed E-state index contributed by atoms with van der Waals surface area (Å²) >= 11 is 5.72. The molecule has 1 aliphatic heterocycles. The molecule has 6 nitrogen and oxygen atoms in total. The Morgan fingerprint density at radius 3 is 2.46 bits per heavy atom. The lowest BCUT2D eigenvalue weighted by molar-refractivity contribution is 0.0609. The van der Waals surface area contributed by atoms with Gasteiger partial charge < -0.3 is 10.4 Å². The normalized spacial score (nSPS) is 13.3. The number of halogens is 2. The molecule has 1 aliphatic rings. The van der Waals surface area contributed by atoms with Crippen LogP contribution in [-0.4, -0.2) is 33.8 Å². The van der Waals surface area contributed by atoms with Gasteiger partial charge in [-0.25, -0.2) is 4.39 Å². The van der Waals surface area contributed by atoms with Crippen molar-refractivity contribution in [3.63, 3.8) is 0 Å². The van der Waals surface area contributed by atoms with Crippen LogP contribution in [0.4, 0.5) is 10.1 Å². The fourth-order valence-corrected chi connectivity index (χ4v) is 2.86. The van der Waals surface area contributed by atoms with Gasteiger partial charge in [-0.15, -0.1) is 0 Å². The maximum Gasteiger partial charge on any atom is 0.261 e. The van der Waals surface area contributed by atoms with Gasteiger partial charge in [0.1, 0.15) is 5.75 Å². The van der Waals surface area contributed by atoms with E-state index in [0.29, 0.717) is 0 Å². The van der Waals surface area contributed by atoms with E-state index in [1.165, 1.54) is 18.2 Å². The summed E-state index contributed by atoms with van der Waals surface area (Å²) in [4.78, 5) is 38.1. The second-order valence-corrected chi connectivity index (χ2v) is 6.48. The van der Waals surface area contributed by atoms with Crippen molar-refractivity contribution >= 4 is 35.0 Å². The highest BCUT2D eigenvalue weighted by Gasteiger charge is 2.37. The van der Waals surface area contributed by atoms with Crippen molar-refractivity contribution in [2.45, 2.75) is 19.9 Å². The lowest BCUT2D eigenvalue weighted by Crippen LogP contribution is -2.35. The van der Waals surface area contributed by atoms with Crippen LogP contribution in [0.1, 0.15) is 44.9 Å². The van der Waals surface area contributed by atoms with Gasteiger partial charge in [0.2, 0.25) is 0 Å². The minimum absolute atomic E-state index is 0.0825. The minimum atomic E-state index is -0.862. The number of phenols is 1. The zero-order chi connectivity index (χ0) is 19.2. The Kier molecular flexibility index (Phi) is 4.41. The third kappa shape index (κ3) is 2.90. The molecule has 2 aromatic rings. The van der Waals surface area contributed by atoms with Gasteiger partial charge in [-0.3, -0.25) is 19.3 Å². The maximum absolute atomic E-state index is 13.8. The third-order valence-electron chi connectivity index (χ3n) is 3.98. The number of imide groups is 1. The highest BCUT2D eigenvalue weighted by molar-refractivity contribution is 6.32. The summed E-state index contributed by atoms with van der Waals surface area (Å²) in [5.41, 5.74) is 0.211. The van der Waals surface area contributed by atoms with E-state index in [4.69, 9.17) is 11.6 Å². The summed E-state index contributed by atoms with van der Waals surface area (Å²) < 4.78 is 13.8. The van der Waals surface area contributed by atoms with Gasteiger partial charge in [0.05, 0.1) is 21.8 Å². The van der Waals surface area contributed by atoms with E-state index >= 15 is 0 Å². The van der Waals surface area contributed by atoms with Gasteiger partial charge in [0.15, 0.2) is 5.82 Å². The van der Waals surface area contributed by atoms with Crippen molar-refractivity contribution in [2.75, 3.05) is 5.32 Å². The third-order valence-corrected chi connectivity index (χ3v) is 4.28. The minimum Gasteiger partial charge on any atom is -0.506 e. The molecule has 2 aromatic carbocycles. The number of fused-ring (bicyclic) bond motifs is 1. The molecular weight excluding hydrogens is 363 g/mol. The SMILES string of the molecule is CC(C)N1C(=O)c2ccc(C(=O)Nc3cc(Cl)c(O)cc3F)cc2C1=O. The number of hydrogen-bond donors (Lipinski definition) is 2. The fourth-order valence-electron chi connectivity index (χ4n) is 2.70. The molecule has 0 unspecified atom stereocenters. The highest BCUT2D eigenvalue weighted by atomic mass is 35.5. The molecule has 2 N–H and O–H groups in total. The summed E-state index contributed by atoms with van der Waals surface area (Å²) in [6, 6.07) is 5.62. The van der Waals surface area contributed by atoms with Gasteiger partial charge in [-0.2, -0.15) is 0 Å². The molecule has 3 amide bonds. The molecule has 0 aromatic heterocycles. The average Bonchev–Trinajstić information content (AvgIpc) is 2.83. The Morgan fingerprint density at radius 2 is 1.81 bits per heavy atom. The number of anilines is 1. The van der Waals surface area contributed by atoms with Gasteiger partial charge >= 0.3 is 0 Å². The average molecular weight is 377 g/mol. The summed E-state index contributed by atoms with van der Waals surface area (Å²) in [5, 5.41) is 11.6. The molecule has 8 heteroatoms. The van der Waals surface area contributed by atoms with Crippen LogP contribution in [0.25, 0.3) is 0 Å². The Morgan fingerprint density at radius 1 is 1.15 bits per heavy atom. The smallest absolute Gasteiger partial charge is 0.261 e. The molecule has 0 spiro atoms. The second kappa shape index (κ2) is 6.42. The van der Waals surface area contributed by atoms with E-state index in [2.05, 4.69) is 5.32 Å².